The molecule has 0 unspecified atom stereocenters. The third-order valence-electron chi connectivity index (χ3n) is 3.61. The molecule has 0 spiro atoms. The molecular formula is C14H17N5OS. The Bertz CT molecular complexity index is 607. The molecular weight excluding hydrogens is 286 g/mol. The topological polar surface area (TPSA) is 71.0 Å². The Morgan fingerprint density at radius 1 is 1.38 bits per heavy atom. The smallest absolute Gasteiger partial charge is 0.228 e. The maximum Gasteiger partial charge on any atom is 0.228 e. The number of aryl methyl sites for hydroxylation is 1. The molecule has 3 rings (SSSR count). The molecule has 0 saturated carbocycles. The molecule has 0 atom stereocenters. The first-order chi connectivity index (χ1) is 10.2. The van der Waals surface area contributed by atoms with Gasteiger partial charge in [-0.15, -0.1) is 0 Å². The Kier molecular flexibility index (Phi) is 4.10. The molecule has 110 valence electrons. The van der Waals surface area contributed by atoms with E-state index < -0.39 is 0 Å². The number of nitrogens with zero attached hydrogens (tertiary/aromatic N) is 4. The molecule has 0 aromatic carbocycles. The van der Waals surface area contributed by atoms with Crippen molar-refractivity contribution in [1.29, 1.82) is 0 Å². The van der Waals surface area contributed by atoms with Gasteiger partial charge in [0.2, 0.25) is 5.91 Å². The van der Waals surface area contributed by atoms with E-state index in [1.165, 1.54) is 11.5 Å². The number of carbonyl (C=O) groups is 1. The predicted molar refractivity (Wildman–Crippen MR) is 82.4 cm³/mol. The molecule has 1 aliphatic heterocycles. The van der Waals surface area contributed by atoms with Crippen molar-refractivity contribution in [3.05, 3.63) is 30.4 Å². The molecule has 1 saturated heterocycles. The Morgan fingerprint density at radius 2 is 2.19 bits per heavy atom. The van der Waals surface area contributed by atoms with Crippen LogP contribution in [-0.4, -0.2) is 33.3 Å². The molecule has 21 heavy (non-hydrogen) atoms. The summed E-state index contributed by atoms with van der Waals surface area (Å²) in [5.74, 6) is 1.03. The number of rotatable bonds is 3. The zero-order chi connectivity index (χ0) is 14.7. The summed E-state index contributed by atoms with van der Waals surface area (Å²) in [5.41, 5.74) is 0.938. The fourth-order valence-electron chi connectivity index (χ4n) is 2.47. The van der Waals surface area contributed by atoms with Crippen molar-refractivity contribution in [2.24, 2.45) is 5.92 Å². The van der Waals surface area contributed by atoms with Gasteiger partial charge in [0.1, 0.15) is 10.8 Å². The quantitative estimate of drug-likeness (QED) is 0.940. The van der Waals surface area contributed by atoms with Gasteiger partial charge >= 0.3 is 0 Å². The largest absolute Gasteiger partial charge is 0.355 e. The van der Waals surface area contributed by atoms with Crippen molar-refractivity contribution in [2.75, 3.05) is 23.3 Å². The van der Waals surface area contributed by atoms with Crippen molar-refractivity contribution >= 4 is 28.3 Å². The molecule has 1 fully saturated rings. The summed E-state index contributed by atoms with van der Waals surface area (Å²) in [6.07, 6.45) is 6.79. The van der Waals surface area contributed by atoms with Gasteiger partial charge < -0.3 is 10.2 Å². The van der Waals surface area contributed by atoms with Gasteiger partial charge in [0.25, 0.3) is 0 Å². The van der Waals surface area contributed by atoms with E-state index in [9.17, 15) is 4.79 Å². The molecule has 0 bridgehead atoms. The standard InChI is InChI=1S/C14H17N5OS/c1-10-8-13(21-18-10)17-14(20)11-2-6-19(7-3-11)12-9-15-4-5-16-12/h4-5,8-9,11H,2-3,6-7H2,1H3,(H,17,20). The summed E-state index contributed by atoms with van der Waals surface area (Å²) in [6.45, 7) is 3.59. The monoisotopic (exact) mass is 303 g/mol. The Morgan fingerprint density at radius 3 is 2.81 bits per heavy atom. The number of hydrogen-bond acceptors (Lipinski definition) is 6. The summed E-state index contributed by atoms with van der Waals surface area (Å²) in [5, 5.41) is 3.79. The van der Waals surface area contributed by atoms with Crippen molar-refractivity contribution in [1.82, 2.24) is 14.3 Å². The number of nitrogens with one attached hydrogen (secondary N) is 1. The second-order valence-electron chi connectivity index (χ2n) is 5.15. The second-order valence-corrected chi connectivity index (χ2v) is 5.95. The summed E-state index contributed by atoms with van der Waals surface area (Å²) in [6, 6.07) is 1.90. The highest BCUT2D eigenvalue weighted by Gasteiger charge is 2.26. The Labute approximate surface area is 127 Å². The minimum Gasteiger partial charge on any atom is -0.355 e. The first-order valence-electron chi connectivity index (χ1n) is 6.97. The second kappa shape index (κ2) is 6.17. The van der Waals surface area contributed by atoms with Crippen LogP contribution in [0.3, 0.4) is 0 Å². The molecule has 0 aliphatic carbocycles. The molecule has 6 nitrogen and oxygen atoms in total. The first kappa shape index (κ1) is 13.9. The molecule has 2 aromatic heterocycles. The van der Waals surface area contributed by atoms with Gasteiger partial charge in [0, 0.05) is 31.4 Å². The van der Waals surface area contributed by atoms with Crippen LogP contribution in [0.1, 0.15) is 18.5 Å². The van der Waals surface area contributed by atoms with E-state index in [0.29, 0.717) is 0 Å². The summed E-state index contributed by atoms with van der Waals surface area (Å²) in [7, 11) is 0. The highest BCUT2D eigenvalue weighted by Crippen LogP contribution is 2.23. The van der Waals surface area contributed by atoms with Crippen LogP contribution in [0.5, 0.6) is 0 Å². The van der Waals surface area contributed by atoms with Crippen molar-refractivity contribution in [3.63, 3.8) is 0 Å². The van der Waals surface area contributed by atoms with E-state index in [4.69, 9.17) is 0 Å². The predicted octanol–water partition coefficient (Wildman–Crippen LogP) is 2.10. The van der Waals surface area contributed by atoms with Crippen LogP contribution in [-0.2, 0) is 4.79 Å². The molecule has 0 radical (unpaired) electrons. The average molecular weight is 303 g/mol. The van der Waals surface area contributed by atoms with Gasteiger partial charge in [-0.05, 0) is 37.4 Å². The SMILES string of the molecule is Cc1cc(NC(=O)C2CCN(c3cnccn3)CC2)sn1. The number of aromatic nitrogens is 3. The molecule has 1 aliphatic rings. The lowest BCUT2D eigenvalue weighted by molar-refractivity contribution is -0.120. The summed E-state index contributed by atoms with van der Waals surface area (Å²) < 4.78 is 4.17. The average Bonchev–Trinajstić information content (AvgIpc) is 2.93. The van der Waals surface area contributed by atoms with Crippen LogP contribution in [0.2, 0.25) is 0 Å². The number of anilines is 2. The normalized spacial score (nSPS) is 16.0. The van der Waals surface area contributed by atoms with Crippen molar-refractivity contribution in [3.8, 4) is 0 Å². The third kappa shape index (κ3) is 3.36. The maximum absolute atomic E-state index is 12.2. The Balaban J connectivity index is 1.54. The van der Waals surface area contributed by atoms with Crippen LogP contribution in [0, 0.1) is 12.8 Å². The molecule has 1 amide bonds. The van der Waals surface area contributed by atoms with Gasteiger partial charge in [-0.3, -0.25) is 9.78 Å². The fraction of sp³-hybridized carbons (Fsp3) is 0.429. The zero-order valence-electron chi connectivity index (χ0n) is 11.8. The van der Waals surface area contributed by atoms with Gasteiger partial charge in [-0.1, -0.05) is 0 Å². The van der Waals surface area contributed by atoms with Crippen LogP contribution >= 0.6 is 11.5 Å². The van der Waals surface area contributed by atoms with Crippen LogP contribution in [0.15, 0.2) is 24.7 Å². The number of carbonyl (C=O) groups excluding carboxylic acids is 1. The molecule has 1 N–H and O–H groups in total. The van der Waals surface area contributed by atoms with Gasteiger partial charge in [0.15, 0.2) is 0 Å². The van der Waals surface area contributed by atoms with E-state index in [1.807, 2.05) is 13.0 Å². The van der Waals surface area contributed by atoms with E-state index >= 15 is 0 Å². The fourth-order valence-corrected chi connectivity index (χ4v) is 3.14. The van der Waals surface area contributed by atoms with E-state index in [-0.39, 0.29) is 11.8 Å². The minimum absolute atomic E-state index is 0.0559. The van der Waals surface area contributed by atoms with E-state index in [2.05, 4.69) is 24.6 Å². The number of amides is 1. The summed E-state index contributed by atoms with van der Waals surface area (Å²) >= 11 is 1.33. The van der Waals surface area contributed by atoms with Gasteiger partial charge in [0.05, 0.1) is 11.9 Å². The number of piperidine rings is 1. The maximum atomic E-state index is 12.2. The summed E-state index contributed by atoms with van der Waals surface area (Å²) in [4.78, 5) is 22.8. The lowest BCUT2D eigenvalue weighted by Crippen LogP contribution is -2.38. The number of hydrogen-bond donors (Lipinski definition) is 1. The van der Waals surface area contributed by atoms with Gasteiger partial charge in [-0.25, -0.2) is 4.98 Å². The van der Waals surface area contributed by atoms with Crippen LogP contribution in [0.25, 0.3) is 0 Å². The zero-order valence-corrected chi connectivity index (χ0v) is 12.6. The molecule has 3 heterocycles. The van der Waals surface area contributed by atoms with Crippen molar-refractivity contribution in [2.45, 2.75) is 19.8 Å². The van der Waals surface area contributed by atoms with E-state index in [0.717, 1.165) is 42.4 Å². The minimum atomic E-state index is 0.0559. The molecule has 7 heteroatoms. The van der Waals surface area contributed by atoms with Crippen LogP contribution in [0.4, 0.5) is 10.8 Å². The highest BCUT2D eigenvalue weighted by atomic mass is 32.1. The van der Waals surface area contributed by atoms with Crippen LogP contribution < -0.4 is 10.2 Å². The highest BCUT2D eigenvalue weighted by molar-refractivity contribution is 7.10. The molecule has 2 aromatic rings. The van der Waals surface area contributed by atoms with Crippen molar-refractivity contribution < 1.29 is 4.79 Å². The Hall–Kier alpha value is -2.02. The first-order valence-corrected chi connectivity index (χ1v) is 7.75. The third-order valence-corrected chi connectivity index (χ3v) is 4.41. The van der Waals surface area contributed by atoms with Gasteiger partial charge in [-0.2, -0.15) is 4.37 Å². The lowest BCUT2D eigenvalue weighted by atomic mass is 9.96. The van der Waals surface area contributed by atoms with E-state index in [1.54, 1.807) is 18.6 Å². The lowest BCUT2D eigenvalue weighted by Gasteiger charge is -2.31.